The van der Waals surface area contributed by atoms with Gasteiger partial charge in [0.1, 0.15) is 0 Å². The normalized spacial score (nSPS) is 11.2. The lowest BCUT2D eigenvalue weighted by Crippen LogP contribution is -2.14. The summed E-state index contributed by atoms with van der Waals surface area (Å²) in [5.74, 6) is -0.567. The Morgan fingerprint density at radius 1 is 1.10 bits per heavy atom. The Hall–Kier alpha value is -2.08. The van der Waals surface area contributed by atoms with Gasteiger partial charge in [-0.2, -0.15) is 0 Å². The van der Waals surface area contributed by atoms with Crippen molar-refractivity contribution in [2.45, 2.75) is 18.7 Å². The molecule has 0 aliphatic carbocycles. The molecule has 21 heavy (non-hydrogen) atoms. The van der Waals surface area contributed by atoms with Gasteiger partial charge in [-0.3, -0.25) is 4.72 Å². The van der Waals surface area contributed by atoms with E-state index in [1.165, 1.54) is 25.3 Å². The quantitative estimate of drug-likeness (QED) is 0.943. The summed E-state index contributed by atoms with van der Waals surface area (Å²) in [6, 6.07) is 8.93. The molecule has 0 spiro atoms. The van der Waals surface area contributed by atoms with E-state index in [0.717, 1.165) is 11.6 Å². The second kappa shape index (κ2) is 5.73. The summed E-state index contributed by atoms with van der Waals surface area (Å²) >= 11 is 0. The third-order valence-corrected chi connectivity index (χ3v) is 4.57. The van der Waals surface area contributed by atoms with E-state index in [-0.39, 0.29) is 16.3 Å². The molecule has 1 N–H and O–H groups in total. The number of anilines is 1. The van der Waals surface area contributed by atoms with E-state index in [4.69, 9.17) is 4.74 Å². The molecule has 0 atom stereocenters. The Balaban J connectivity index is 2.35. The van der Waals surface area contributed by atoms with Crippen molar-refractivity contribution in [2.75, 3.05) is 11.8 Å². The number of hydrogen-bond acceptors (Lipinski definition) is 3. The fourth-order valence-electron chi connectivity index (χ4n) is 2.04. The largest absolute Gasteiger partial charge is 0.494 e. The van der Waals surface area contributed by atoms with Crippen LogP contribution in [0.1, 0.15) is 11.1 Å². The van der Waals surface area contributed by atoms with E-state index in [2.05, 4.69) is 4.72 Å². The zero-order valence-electron chi connectivity index (χ0n) is 12.0. The molecule has 6 heteroatoms. The SMILES string of the molecule is COc1ccc(NS(=O)(=O)c2ccc(C)cc2C)cc1F. The standard InChI is InChI=1S/C15H16FNO3S/c1-10-4-7-15(11(2)8-10)21(18,19)17-12-5-6-14(20-3)13(16)9-12/h4-9,17H,1-3H3. The van der Waals surface area contributed by atoms with Gasteiger partial charge in [-0.15, -0.1) is 0 Å². The van der Waals surface area contributed by atoms with E-state index in [0.29, 0.717) is 5.56 Å². The van der Waals surface area contributed by atoms with Gasteiger partial charge in [-0.25, -0.2) is 12.8 Å². The van der Waals surface area contributed by atoms with Crippen molar-refractivity contribution >= 4 is 15.7 Å². The van der Waals surface area contributed by atoms with Crippen LogP contribution in [0.5, 0.6) is 5.75 Å². The van der Waals surface area contributed by atoms with Crippen molar-refractivity contribution in [3.63, 3.8) is 0 Å². The Labute approximate surface area is 123 Å². The number of sulfonamides is 1. The minimum atomic E-state index is -3.75. The molecule has 0 fully saturated rings. The molecule has 2 aromatic rings. The number of halogens is 1. The van der Waals surface area contributed by atoms with E-state index in [1.54, 1.807) is 19.1 Å². The smallest absolute Gasteiger partial charge is 0.262 e. The number of rotatable bonds is 4. The molecule has 4 nitrogen and oxygen atoms in total. The number of aryl methyl sites for hydroxylation is 2. The molecule has 2 rings (SSSR count). The van der Waals surface area contributed by atoms with Crippen molar-refractivity contribution in [2.24, 2.45) is 0 Å². The number of hydrogen-bond donors (Lipinski definition) is 1. The van der Waals surface area contributed by atoms with Gasteiger partial charge < -0.3 is 4.74 Å². The molecule has 0 bridgehead atoms. The van der Waals surface area contributed by atoms with E-state index >= 15 is 0 Å². The maximum atomic E-state index is 13.6. The highest BCUT2D eigenvalue weighted by atomic mass is 32.2. The second-order valence-electron chi connectivity index (χ2n) is 4.72. The Kier molecular flexibility index (Phi) is 4.18. The number of methoxy groups -OCH3 is 1. The highest BCUT2D eigenvalue weighted by Gasteiger charge is 2.17. The Morgan fingerprint density at radius 3 is 2.38 bits per heavy atom. The van der Waals surface area contributed by atoms with Crippen LogP contribution < -0.4 is 9.46 Å². The zero-order valence-corrected chi connectivity index (χ0v) is 12.8. The first-order valence-corrected chi connectivity index (χ1v) is 7.75. The number of nitrogens with one attached hydrogen (secondary N) is 1. The minimum absolute atomic E-state index is 0.0597. The van der Waals surface area contributed by atoms with Gasteiger partial charge in [-0.1, -0.05) is 17.7 Å². The molecule has 112 valence electrons. The van der Waals surface area contributed by atoms with Crippen LogP contribution in [-0.2, 0) is 10.0 Å². The van der Waals surface area contributed by atoms with Crippen LogP contribution in [0.3, 0.4) is 0 Å². The lowest BCUT2D eigenvalue weighted by molar-refractivity contribution is 0.386. The molecule has 0 saturated heterocycles. The predicted molar refractivity (Wildman–Crippen MR) is 79.7 cm³/mol. The van der Waals surface area contributed by atoms with E-state index < -0.39 is 15.8 Å². The summed E-state index contributed by atoms with van der Waals surface area (Å²) < 4.78 is 45.4. The molecule has 0 unspecified atom stereocenters. The minimum Gasteiger partial charge on any atom is -0.494 e. The van der Waals surface area contributed by atoms with Gasteiger partial charge in [-0.05, 0) is 37.6 Å². The van der Waals surface area contributed by atoms with Gasteiger partial charge in [0.05, 0.1) is 17.7 Å². The van der Waals surface area contributed by atoms with Gasteiger partial charge >= 0.3 is 0 Å². The summed E-state index contributed by atoms with van der Waals surface area (Å²) in [4.78, 5) is 0.171. The molecule has 0 heterocycles. The summed E-state index contributed by atoms with van der Waals surface area (Å²) in [6.45, 7) is 3.60. The first kappa shape index (κ1) is 15.3. The first-order valence-electron chi connectivity index (χ1n) is 6.27. The Bertz CT molecular complexity index is 772. The Morgan fingerprint density at radius 2 is 1.81 bits per heavy atom. The van der Waals surface area contributed by atoms with E-state index in [1.807, 2.05) is 6.92 Å². The van der Waals surface area contributed by atoms with E-state index in [9.17, 15) is 12.8 Å². The van der Waals surface area contributed by atoms with Crippen LogP contribution in [0.15, 0.2) is 41.3 Å². The summed E-state index contributed by atoms with van der Waals surface area (Å²) in [6.07, 6.45) is 0. The van der Waals surface area contributed by atoms with Crippen molar-refractivity contribution < 1.29 is 17.5 Å². The summed E-state index contributed by atoms with van der Waals surface area (Å²) in [5.41, 5.74) is 1.76. The fourth-order valence-corrected chi connectivity index (χ4v) is 3.32. The molecule has 0 aliphatic rings. The maximum Gasteiger partial charge on any atom is 0.262 e. The van der Waals surface area contributed by atoms with Crippen LogP contribution in [0.25, 0.3) is 0 Å². The monoisotopic (exact) mass is 309 g/mol. The molecular weight excluding hydrogens is 293 g/mol. The predicted octanol–water partition coefficient (Wildman–Crippen LogP) is 3.25. The molecule has 2 aromatic carbocycles. The third kappa shape index (κ3) is 3.33. The summed E-state index contributed by atoms with van der Waals surface area (Å²) in [5, 5.41) is 0. The highest BCUT2D eigenvalue weighted by Crippen LogP contribution is 2.24. The average molecular weight is 309 g/mol. The molecule has 0 amide bonds. The molecular formula is C15H16FNO3S. The van der Waals surface area contributed by atoms with Crippen LogP contribution in [0, 0.1) is 19.7 Å². The number of benzene rings is 2. The zero-order chi connectivity index (χ0) is 15.6. The lowest BCUT2D eigenvalue weighted by Gasteiger charge is -2.11. The number of ether oxygens (including phenoxy) is 1. The van der Waals surface area contributed by atoms with Crippen LogP contribution in [-0.4, -0.2) is 15.5 Å². The van der Waals surface area contributed by atoms with Gasteiger partial charge in [0, 0.05) is 6.07 Å². The fraction of sp³-hybridized carbons (Fsp3) is 0.200. The van der Waals surface area contributed by atoms with Crippen molar-refractivity contribution in [1.82, 2.24) is 0 Å². The summed E-state index contributed by atoms with van der Waals surface area (Å²) in [7, 11) is -2.41. The van der Waals surface area contributed by atoms with Crippen LogP contribution >= 0.6 is 0 Å². The van der Waals surface area contributed by atoms with Gasteiger partial charge in [0.25, 0.3) is 10.0 Å². The van der Waals surface area contributed by atoms with Crippen LogP contribution in [0.2, 0.25) is 0 Å². The van der Waals surface area contributed by atoms with Crippen molar-refractivity contribution in [1.29, 1.82) is 0 Å². The van der Waals surface area contributed by atoms with Crippen molar-refractivity contribution in [3.8, 4) is 5.75 Å². The maximum absolute atomic E-state index is 13.6. The third-order valence-electron chi connectivity index (χ3n) is 3.02. The molecule has 0 radical (unpaired) electrons. The van der Waals surface area contributed by atoms with Crippen molar-refractivity contribution in [3.05, 3.63) is 53.3 Å². The average Bonchev–Trinajstić information content (AvgIpc) is 2.37. The topological polar surface area (TPSA) is 55.4 Å². The van der Waals surface area contributed by atoms with Gasteiger partial charge in [0.15, 0.2) is 11.6 Å². The lowest BCUT2D eigenvalue weighted by atomic mass is 10.2. The second-order valence-corrected chi connectivity index (χ2v) is 6.37. The molecule has 0 aromatic heterocycles. The van der Waals surface area contributed by atoms with Gasteiger partial charge in [0.2, 0.25) is 0 Å². The van der Waals surface area contributed by atoms with Crippen LogP contribution in [0.4, 0.5) is 10.1 Å². The first-order chi connectivity index (χ1) is 9.83. The highest BCUT2D eigenvalue weighted by molar-refractivity contribution is 7.92. The molecule has 0 aliphatic heterocycles. The molecule has 0 saturated carbocycles.